The van der Waals surface area contributed by atoms with Gasteiger partial charge in [-0.1, -0.05) is 31.2 Å². The van der Waals surface area contributed by atoms with Gasteiger partial charge < -0.3 is 5.11 Å². The first-order chi connectivity index (χ1) is 12.0. The van der Waals surface area contributed by atoms with E-state index in [1.54, 1.807) is 11.3 Å². The number of hydrogen-bond acceptors (Lipinski definition) is 4. The van der Waals surface area contributed by atoms with Crippen molar-refractivity contribution in [1.82, 2.24) is 0 Å². The molecule has 4 rings (SSSR count). The minimum absolute atomic E-state index is 0.0474. The van der Waals surface area contributed by atoms with Crippen molar-refractivity contribution in [1.29, 1.82) is 0 Å². The summed E-state index contributed by atoms with van der Waals surface area (Å²) in [6.07, 6.45) is 0.670. The molecule has 6 heteroatoms. The molecule has 1 aromatic heterocycles. The molecule has 2 heterocycles. The number of thiophene rings is 1. The Morgan fingerprint density at radius 3 is 2.52 bits per heavy atom. The highest BCUT2D eigenvalue weighted by molar-refractivity contribution is 7.92. The van der Waals surface area contributed by atoms with E-state index in [2.05, 4.69) is 6.07 Å². The molecular weight excluding hydrogens is 354 g/mol. The monoisotopic (exact) mass is 371 g/mol. The SMILES string of the molecule is CCC1c2ccccc2-c2sccc2N1S(=O)(=O)c1ccc(O)cc1. The number of phenols is 1. The third-order valence-electron chi connectivity index (χ3n) is 4.51. The van der Waals surface area contributed by atoms with Crippen LogP contribution < -0.4 is 4.31 Å². The van der Waals surface area contributed by atoms with E-state index in [9.17, 15) is 13.5 Å². The van der Waals surface area contributed by atoms with Crippen molar-refractivity contribution >= 4 is 27.0 Å². The molecule has 0 saturated carbocycles. The smallest absolute Gasteiger partial charge is 0.264 e. The summed E-state index contributed by atoms with van der Waals surface area (Å²) in [5, 5.41) is 11.4. The van der Waals surface area contributed by atoms with Gasteiger partial charge in [-0.15, -0.1) is 11.3 Å². The molecule has 0 radical (unpaired) electrons. The van der Waals surface area contributed by atoms with E-state index in [4.69, 9.17) is 0 Å². The van der Waals surface area contributed by atoms with Crippen LogP contribution in [0.15, 0.2) is 64.9 Å². The fourth-order valence-corrected chi connectivity index (χ4v) is 6.09. The van der Waals surface area contributed by atoms with Crippen LogP contribution in [0, 0.1) is 0 Å². The van der Waals surface area contributed by atoms with Crippen molar-refractivity contribution in [2.75, 3.05) is 4.31 Å². The van der Waals surface area contributed by atoms with Crippen molar-refractivity contribution < 1.29 is 13.5 Å². The van der Waals surface area contributed by atoms with Gasteiger partial charge in [0.25, 0.3) is 10.0 Å². The Balaban J connectivity index is 1.94. The molecule has 0 bridgehead atoms. The van der Waals surface area contributed by atoms with Gasteiger partial charge in [0.2, 0.25) is 0 Å². The average molecular weight is 371 g/mol. The van der Waals surface area contributed by atoms with Crippen LogP contribution in [0.2, 0.25) is 0 Å². The van der Waals surface area contributed by atoms with Gasteiger partial charge in [0.1, 0.15) is 5.75 Å². The molecule has 1 aliphatic heterocycles. The number of nitrogens with zero attached hydrogens (tertiary/aromatic N) is 1. The Hall–Kier alpha value is -2.31. The molecule has 2 aromatic carbocycles. The summed E-state index contributed by atoms with van der Waals surface area (Å²) in [4.78, 5) is 1.16. The van der Waals surface area contributed by atoms with Gasteiger partial charge in [0, 0.05) is 0 Å². The lowest BCUT2D eigenvalue weighted by molar-refractivity contribution is 0.474. The minimum Gasteiger partial charge on any atom is -0.508 e. The number of aromatic hydroxyl groups is 1. The van der Waals surface area contributed by atoms with Crippen LogP contribution in [0.5, 0.6) is 5.75 Å². The van der Waals surface area contributed by atoms with Crippen LogP contribution in [-0.2, 0) is 10.0 Å². The fraction of sp³-hybridized carbons (Fsp3) is 0.158. The van der Waals surface area contributed by atoms with Gasteiger partial charge in [-0.05, 0) is 53.3 Å². The zero-order valence-electron chi connectivity index (χ0n) is 13.6. The fourth-order valence-electron chi connectivity index (χ4n) is 3.38. The summed E-state index contributed by atoms with van der Waals surface area (Å²) >= 11 is 1.55. The summed E-state index contributed by atoms with van der Waals surface area (Å²) < 4.78 is 28.3. The molecule has 4 nitrogen and oxygen atoms in total. The molecule has 1 N–H and O–H groups in total. The average Bonchev–Trinajstić information content (AvgIpc) is 3.10. The predicted molar refractivity (Wildman–Crippen MR) is 101 cm³/mol. The van der Waals surface area contributed by atoms with Crippen LogP contribution in [0.4, 0.5) is 5.69 Å². The molecule has 1 aliphatic rings. The van der Waals surface area contributed by atoms with Crippen LogP contribution >= 0.6 is 11.3 Å². The number of anilines is 1. The van der Waals surface area contributed by atoms with Crippen molar-refractivity contribution in [2.45, 2.75) is 24.3 Å². The second-order valence-electron chi connectivity index (χ2n) is 5.94. The first-order valence-electron chi connectivity index (χ1n) is 8.04. The number of hydrogen-bond donors (Lipinski definition) is 1. The molecule has 0 amide bonds. The summed E-state index contributed by atoms with van der Waals surface area (Å²) in [6, 6.07) is 15.3. The van der Waals surface area contributed by atoms with E-state index in [0.29, 0.717) is 6.42 Å². The summed E-state index contributed by atoms with van der Waals surface area (Å²) in [7, 11) is -3.74. The van der Waals surface area contributed by atoms with E-state index in [1.165, 1.54) is 28.6 Å². The summed E-state index contributed by atoms with van der Waals surface area (Å²) in [6.45, 7) is 2.00. The topological polar surface area (TPSA) is 57.6 Å². The van der Waals surface area contributed by atoms with Gasteiger partial charge in [-0.25, -0.2) is 8.42 Å². The maximum absolute atomic E-state index is 13.4. The highest BCUT2D eigenvalue weighted by atomic mass is 32.2. The minimum atomic E-state index is -3.74. The van der Waals surface area contributed by atoms with Crippen LogP contribution in [0.25, 0.3) is 10.4 Å². The third-order valence-corrected chi connectivity index (χ3v) is 7.28. The molecule has 25 heavy (non-hydrogen) atoms. The van der Waals surface area contributed by atoms with Crippen molar-refractivity contribution in [3.8, 4) is 16.2 Å². The molecule has 3 aromatic rings. The number of phenolic OH excluding ortho intramolecular Hbond substituents is 1. The van der Waals surface area contributed by atoms with Crippen LogP contribution in [-0.4, -0.2) is 13.5 Å². The first-order valence-corrected chi connectivity index (χ1v) is 10.4. The van der Waals surface area contributed by atoms with Gasteiger partial charge >= 0.3 is 0 Å². The lowest BCUT2D eigenvalue weighted by Gasteiger charge is -2.37. The van der Waals surface area contributed by atoms with Crippen molar-refractivity contribution in [3.63, 3.8) is 0 Å². The van der Waals surface area contributed by atoms with Crippen molar-refractivity contribution in [3.05, 3.63) is 65.5 Å². The Morgan fingerprint density at radius 1 is 1.08 bits per heavy atom. The van der Waals surface area contributed by atoms with Gasteiger partial charge in [0.05, 0.1) is 21.5 Å². The standard InChI is InChI=1S/C19H17NO3S2/c1-2-17-15-5-3-4-6-16(15)19-18(11-12-24-19)20(17)25(22,23)14-9-7-13(21)8-10-14/h3-12,17,21H,2H2,1H3. The molecule has 0 saturated heterocycles. The van der Waals surface area contributed by atoms with Gasteiger partial charge in [-0.3, -0.25) is 4.31 Å². The normalized spacial score (nSPS) is 16.4. The molecule has 0 aliphatic carbocycles. The van der Waals surface area contributed by atoms with E-state index in [0.717, 1.165) is 21.7 Å². The van der Waals surface area contributed by atoms with E-state index in [-0.39, 0.29) is 16.7 Å². The second-order valence-corrected chi connectivity index (χ2v) is 8.67. The highest BCUT2D eigenvalue weighted by Crippen LogP contribution is 2.50. The number of sulfonamides is 1. The van der Waals surface area contributed by atoms with Crippen LogP contribution in [0.3, 0.4) is 0 Å². The second kappa shape index (κ2) is 5.89. The Kier molecular flexibility index (Phi) is 3.81. The number of benzene rings is 2. The summed E-state index contributed by atoms with van der Waals surface area (Å²) in [5.41, 5.74) is 2.86. The van der Waals surface area contributed by atoms with Crippen LogP contribution in [0.1, 0.15) is 24.9 Å². The molecule has 128 valence electrons. The Morgan fingerprint density at radius 2 is 1.80 bits per heavy atom. The largest absolute Gasteiger partial charge is 0.508 e. The Labute approximate surface area is 151 Å². The number of rotatable bonds is 3. The number of fused-ring (bicyclic) bond motifs is 3. The van der Waals surface area contributed by atoms with E-state index >= 15 is 0 Å². The van der Waals surface area contributed by atoms with E-state index < -0.39 is 10.0 Å². The molecule has 0 fully saturated rings. The summed E-state index contributed by atoms with van der Waals surface area (Å²) in [5.74, 6) is 0.0474. The molecule has 0 spiro atoms. The van der Waals surface area contributed by atoms with E-state index in [1.807, 2.05) is 36.6 Å². The lowest BCUT2D eigenvalue weighted by atomic mass is 9.93. The maximum atomic E-state index is 13.4. The molecule has 1 atom stereocenters. The lowest BCUT2D eigenvalue weighted by Crippen LogP contribution is -2.36. The van der Waals surface area contributed by atoms with Crippen molar-refractivity contribution in [2.24, 2.45) is 0 Å². The molecule has 1 unspecified atom stereocenters. The quantitative estimate of drug-likeness (QED) is 0.721. The third kappa shape index (κ3) is 2.44. The predicted octanol–water partition coefficient (Wildman–Crippen LogP) is 4.78. The molecular formula is C19H17NO3S2. The van der Waals surface area contributed by atoms with Gasteiger partial charge in [0.15, 0.2) is 0 Å². The first kappa shape index (κ1) is 16.2. The highest BCUT2D eigenvalue weighted by Gasteiger charge is 2.38. The Bertz CT molecular complexity index is 1020. The zero-order valence-corrected chi connectivity index (χ0v) is 15.2. The maximum Gasteiger partial charge on any atom is 0.264 e. The van der Waals surface area contributed by atoms with Gasteiger partial charge in [-0.2, -0.15) is 0 Å². The zero-order chi connectivity index (χ0) is 17.6.